The van der Waals surface area contributed by atoms with Gasteiger partial charge in [-0.3, -0.25) is 9.59 Å². The first-order valence-electron chi connectivity index (χ1n) is 6.40. The highest BCUT2D eigenvalue weighted by Crippen LogP contribution is 2.67. The quantitative estimate of drug-likeness (QED) is 0.787. The van der Waals surface area contributed by atoms with Gasteiger partial charge < -0.3 is 5.32 Å². The molecule has 0 aromatic heterocycles. The number of nitrogens with one attached hydrogen (secondary N) is 2. The number of carbonyl (C=O) groups excluding carboxylic acids is 2. The van der Waals surface area contributed by atoms with Gasteiger partial charge >= 0.3 is 0 Å². The zero-order valence-electron chi connectivity index (χ0n) is 11.5. The highest BCUT2D eigenvalue weighted by Gasteiger charge is 2.64. The van der Waals surface area contributed by atoms with Crippen molar-refractivity contribution in [3.63, 3.8) is 0 Å². The van der Waals surface area contributed by atoms with Crippen LogP contribution in [-0.2, 0) is 9.59 Å². The molecule has 2 amide bonds. The van der Waals surface area contributed by atoms with Gasteiger partial charge in [0, 0.05) is 19.4 Å². The van der Waals surface area contributed by atoms with Crippen LogP contribution in [0.4, 0.5) is 0 Å². The average molecular weight is 251 g/mol. The Balaban J connectivity index is 1.85. The van der Waals surface area contributed by atoms with Gasteiger partial charge in [-0.2, -0.15) is 5.10 Å². The second-order valence-corrected chi connectivity index (χ2v) is 6.30. The van der Waals surface area contributed by atoms with Crippen molar-refractivity contribution in [3.8, 4) is 0 Å². The first-order chi connectivity index (χ1) is 8.26. The van der Waals surface area contributed by atoms with Crippen LogP contribution in [0.25, 0.3) is 0 Å². The summed E-state index contributed by atoms with van der Waals surface area (Å²) in [5.74, 6) is 0.206. The van der Waals surface area contributed by atoms with E-state index < -0.39 is 0 Å². The fourth-order valence-electron chi connectivity index (χ4n) is 2.78. The maximum Gasteiger partial charge on any atom is 0.267 e. The number of nitrogens with zero attached hydrogens (tertiary/aromatic N) is 1. The summed E-state index contributed by atoms with van der Waals surface area (Å²) in [7, 11) is 0. The monoisotopic (exact) mass is 251 g/mol. The van der Waals surface area contributed by atoms with E-state index in [2.05, 4.69) is 43.5 Å². The van der Waals surface area contributed by atoms with Crippen molar-refractivity contribution in [3.05, 3.63) is 0 Å². The topological polar surface area (TPSA) is 70.6 Å². The standard InChI is InChI=1S/C13H21N3O2/c1-12(2)9(13(12,3)4)7-14-11(18)8-5-6-10(17)16-15-8/h9H,5-7H2,1-4H3,(H,14,18)(H,16,17). The van der Waals surface area contributed by atoms with E-state index in [-0.39, 0.29) is 22.6 Å². The Hall–Kier alpha value is -1.39. The fraction of sp³-hybridized carbons (Fsp3) is 0.769. The van der Waals surface area contributed by atoms with Crippen LogP contribution in [0.15, 0.2) is 5.10 Å². The number of rotatable bonds is 3. The molecule has 0 saturated heterocycles. The molecule has 1 heterocycles. The van der Waals surface area contributed by atoms with Gasteiger partial charge in [0.1, 0.15) is 5.71 Å². The van der Waals surface area contributed by atoms with Crippen molar-refractivity contribution in [2.45, 2.75) is 40.5 Å². The number of hydrogen-bond donors (Lipinski definition) is 2. The van der Waals surface area contributed by atoms with Crippen molar-refractivity contribution >= 4 is 17.5 Å². The minimum absolute atomic E-state index is 0.129. The zero-order valence-corrected chi connectivity index (χ0v) is 11.5. The molecule has 0 radical (unpaired) electrons. The number of hydrogen-bond acceptors (Lipinski definition) is 3. The molecule has 0 aromatic carbocycles. The summed E-state index contributed by atoms with van der Waals surface area (Å²) in [6.07, 6.45) is 0.766. The summed E-state index contributed by atoms with van der Waals surface area (Å²) in [4.78, 5) is 22.8. The zero-order chi connectivity index (χ0) is 13.6. The molecule has 2 aliphatic rings. The fourth-order valence-corrected chi connectivity index (χ4v) is 2.78. The van der Waals surface area contributed by atoms with Gasteiger partial charge in [0.25, 0.3) is 5.91 Å². The molecule has 1 saturated carbocycles. The van der Waals surface area contributed by atoms with Gasteiger partial charge in [0.2, 0.25) is 5.91 Å². The molecule has 5 heteroatoms. The maximum atomic E-state index is 11.9. The Morgan fingerprint density at radius 3 is 2.39 bits per heavy atom. The van der Waals surface area contributed by atoms with Gasteiger partial charge in [-0.05, 0) is 16.7 Å². The first-order valence-corrected chi connectivity index (χ1v) is 6.40. The van der Waals surface area contributed by atoms with Crippen molar-refractivity contribution < 1.29 is 9.59 Å². The normalized spacial score (nSPS) is 25.1. The van der Waals surface area contributed by atoms with E-state index in [1.807, 2.05) is 0 Å². The molecule has 0 unspecified atom stereocenters. The van der Waals surface area contributed by atoms with Crippen LogP contribution in [0.3, 0.4) is 0 Å². The van der Waals surface area contributed by atoms with Crippen molar-refractivity contribution in [2.75, 3.05) is 6.54 Å². The molecular weight excluding hydrogens is 230 g/mol. The third kappa shape index (κ3) is 2.02. The predicted molar refractivity (Wildman–Crippen MR) is 68.9 cm³/mol. The van der Waals surface area contributed by atoms with E-state index in [1.165, 1.54) is 0 Å². The lowest BCUT2D eigenvalue weighted by Gasteiger charge is -2.12. The molecule has 1 aliphatic heterocycles. The van der Waals surface area contributed by atoms with E-state index in [9.17, 15) is 9.59 Å². The maximum absolute atomic E-state index is 11.9. The second-order valence-electron chi connectivity index (χ2n) is 6.30. The van der Waals surface area contributed by atoms with Crippen LogP contribution >= 0.6 is 0 Å². The van der Waals surface area contributed by atoms with Gasteiger partial charge in [0.05, 0.1) is 0 Å². The van der Waals surface area contributed by atoms with Gasteiger partial charge in [-0.15, -0.1) is 0 Å². The lowest BCUT2D eigenvalue weighted by atomic mass is 10.0. The van der Waals surface area contributed by atoms with E-state index in [0.29, 0.717) is 31.0 Å². The van der Waals surface area contributed by atoms with E-state index in [0.717, 1.165) is 0 Å². The predicted octanol–water partition coefficient (Wildman–Crippen LogP) is 1.05. The third-order valence-corrected chi connectivity index (χ3v) is 4.95. The number of hydrazone groups is 1. The second kappa shape index (κ2) is 4.07. The molecule has 0 aromatic rings. The highest BCUT2D eigenvalue weighted by molar-refractivity contribution is 6.39. The van der Waals surface area contributed by atoms with Gasteiger partial charge in [0.15, 0.2) is 0 Å². The Bertz CT molecular complexity index is 410. The lowest BCUT2D eigenvalue weighted by molar-refractivity contribution is -0.121. The molecule has 0 bridgehead atoms. The van der Waals surface area contributed by atoms with Crippen LogP contribution in [0.2, 0.25) is 0 Å². The van der Waals surface area contributed by atoms with Gasteiger partial charge in [-0.25, -0.2) is 5.43 Å². The summed E-state index contributed by atoms with van der Waals surface area (Å²) in [5, 5.41) is 6.71. The van der Waals surface area contributed by atoms with Crippen LogP contribution in [0.5, 0.6) is 0 Å². The van der Waals surface area contributed by atoms with Crippen LogP contribution in [-0.4, -0.2) is 24.1 Å². The Morgan fingerprint density at radius 2 is 1.94 bits per heavy atom. The van der Waals surface area contributed by atoms with Gasteiger partial charge in [-0.1, -0.05) is 27.7 Å². The van der Waals surface area contributed by atoms with Crippen molar-refractivity contribution in [1.29, 1.82) is 0 Å². The minimum atomic E-state index is -0.159. The molecular formula is C13H21N3O2. The van der Waals surface area contributed by atoms with Crippen LogP contribution in [0.1, 0.15) is 40.5 Å². The minimum Gasteiger partial charge on any atom is -0.351 e. The smallest absolute Gasteiger partial charge is 0.267 e. The van der Waals surface area contributed by atoms with Crippen molar-refractivity contribution in [1.82, 2.24) is 10.7 Å². The largest absolute Gasteiger partial charge is 0.351 e. The lowest BCUT2D eigenvalue weighted by Crippen LogP contribution is -2.38. The SMILES string of the molecule is CC1(C)C(CNC(=O)C2=NNC(=O)CC2)C1(C)C. The van der Waals surface area contributed by atoms with E-state index >= 15 is 0 Å². The Kier molecular flexibility index (Phi) is 2.95. The summed E-state index contributed by atoms with van der Waals surface area (Å²) >= 11 is 0. The Labute approximate surface area is 107 Å². The van der Waals surface area contributed by atoms with E-state index in [4.69, 9.17) is 0 Å². The van der Waals surface area contributed by atoms with Crippen LogP contribution < -0.4 is 10.7 Å². The summed E-state index contributed by atoms with van der Waals surface area (Å²) < 4.78 is 0. The molecule has 100 valence electrons. The van der Waals surface area contributed by atoms with Crippen molar-refractivity contribution in [2.24, 2.45) is 21.8 Å². The molecule has 5 nitrogen and oxygen atoms in total. The Morgan fingerprint density at radius 1 is 1.33 bits per heavy atom. The molecule has 0 spiro atoms. The first kappa shape index (κ1) is 13.1. The summed E-state index contributed by atoms with van der Waals surface area (Å²) in [6, 6.07) is 0. The molecule has 18 heavy (non-hydrogen) atoms. The number of carbonyl (C=O) groups is 2. The van der Waals surface area contributed by atoms with E-state index in [1.54, 1.807) is 0 Å². The molecule has 1 fully saturated rings. The summed E-state index contributed by atoms with van der Waals surface area (Å²) in [5.41, 5.74) is 3.29. The third-order valence-electron chi connectivity index (χ3n) is 4.95. The van der Waals surface area contributed by atoms with Crippen LogP contribution in [0, 0.1) is 16.7 Å². The molecule has 2 N–H and O–H groups in total. The average Bonchev–Trinajstić information content (AvgIpc) is 2.67. The molecule has 1 aliphatic carbocycles. The molecule has 0 atom stereocenters. The number of amides is 2. The molecule has 2 rings (SSSR count). The highest BCUT2D eigenvalue weighted by atomic mass is 16.2. The summed E-state index contributed by atoms with van der Waals surface area (Å²) in [6.45, 7) is 9.57.